The Balaban J connectivity index is 2.15. The Labute approximate surface area is 141 Å². The molecular weight excluding hydrogens is 310 g/mol. The molecule has 0 bridgehead atoms. The van der Waals surface area contributed by atoms with E-state index in [1.165, 1.54) is 5.56 Å². The van der Waals surface area contributed by atoms with Gasteiger partial charge < -0.3 is 9.47 Å². The number of fused-ring (bicyclic) bond motifs is 1. The van der Waals surface area contributed by atoms with E-state index >= 15 is 0 Å². The highest BCUT2D eigenvalue weighted by Gasteiger charge is 2.28. The molecule has 0 spiro atoms. The largest absolute Gasteiger partial charge is 0.497 e. The van der Waals surface area contributed by atoms with Crippen molar-refractivity contribution in [3.8, 4) is 11.5 Å². The monoisotopic (exact) mass is 329 g/mol. The molecule has 0 saturated carbocycles. The number of methoxy groups -OCH3 is 2. The molecule has 1 aliphatic rings. The predicted molar refractivity (Wildman–Crippen MR) is 94.4 cm³/mol. The minimum atomic E-state index is -0.166. The molecule has 0 radical (unpaired) electrons. The minimum absolute atomic E-state index is 0.166. The Hall–Kier alpha value is -2.00. The van der Waals surface area contributed by atoms with Crippen LogP contribution in [0.15, 0.2) is 41.4 Å². The lowest BCUT2D eigenvalue weighted by Gasteiger charge is -2.30. The molecule has 0 fully saturated rings. The smallest absolute Gasteiger partial charge is 0.137 e. The third-order valence-electron chi connectivity index (χ3n) is 4.03. The molecular formula is C19H20ClNO2. The lowest BCUT2D eigenvalue weighted by molar-refractivity contribution is 0.413. The summed E-state index contributed by atoms with van der Waals surface area (Å²) in [6.07, 6.45) is 0.857. The molecule has 0 saturated heterocycles. The molecule has 120 valence electrons. The van der Waals surface area contributed by atoms with Gasteiger partial charge in [-0.3, -0.25) is 4.99 Å². The predicted octanol–water partition coefficient (Wildman–Crippen LogP) is 4.53. The number of rotatable bonds is 3. The van der Waals surface area contributed by atoms with Gasteiger partial charge in [-0.05, 0) is 62.2 Å². The quantitative estimate of drug-likeness (QED) is 0.828. The first-order valence-electron chi connectivity index (χ1n) is 7.54. The molecule has 23 heavy (non-hydrogen) atoms. The third kappa shape index (κ3) is 3.06. The van der Waals surface area contributed by atoms with Crippen LogP contribution in [0.1, 0.15) is 30.5 Å². The molecule has 4 heteroatoms. The first kappa shape index (κ1) is 15.9. The first-order valence-corrected chi connectivity index (χ1v) is 7.92. The van der Waals surface area contributed by atoms with Crippen molar-refractivity contribution in [1.82, 2.24) is 0 Å². The molecule has 2 aromatic rings. The maximum Gasteiger partial charge on any atom is 0.137 e. The summed E-state index contributed by atoms with van der Waals surface area (Å²) in [6.45, 7) is 4.28. The molecule has 0 aromatic heterocycles. The van der Waals surface area contributed by atoms with Crippen LogP contribution in [-0.2, 0) is 6.42 Å². The Morgan fingerprint density at radius 1 is 1.04 bits per heavy atom. The van der Waals surface area contributed by atoms with Crippen LogP contribution >= 0.6 is 11.6 Å². The van der Waals surface area contributed by atoms with Crippen LogP contribution in [0, 0.1) is 0 Å². The molecule has 1 heterocycles. The van der Waals surface area contributed by atoms with Gasteiger partial charge >= 0.3 is 0 Å². The summed E-state index contributed by atoms with van der Waals surface area (Å²) >= 11 is 6.33. The zero-order valence-electron chi connectivity index (χ0n) is 13.8. The first-order chi connectivity index (χ1) is 10.9. The van der Waals surface area contributed by atoms with Crippen LogP contribution in [0.3, 0.4) is 0 Å². The Bertz CT molecular complexity index is 764. The van der Waals surface area contributed by atoms with Crippen molar-refractivity contribution in [2.24, 2.45) is 4.99 Å². The standard InChI is InChI=1S/C19H20ClNO2/c1-19(2)11-13-9-17(23-4)16(20)10-15(13)18(21-19)12-5-7-14(22-3)8-6-12/h5-10H,11H2,1-4H3. The van der Waals surface area contributed by atoms with E-state index in [1.54, 1.807) is 14.2 Å². The third-order valence-corrected chi connectivity index (χ3v) is 4.33. The van der Waals surface area contributed by atoms with Crippen LogP contribution in [-0.4, -0.2) is 25.5 Å². The van der Waals surface area contributed by atoms with Gasteiger partial charge in [0.05, 0.1) is 30.5 Å². The molecule has 0 aliphatic carbocycles. The van der Waals surface area contributed by atoms with Crippen LogP contribution < -0.4 is 9.47 Å². The summed E-state index contributed by atoms with van der Waals surface area (Å²) in [7, 11) is 3.30. The van der Waals surface area contributed by atoms with Gasteiger partial charge in [-0.1, -0.05) is 11.6 Å². The fourth-order valence-electron chi connectivity index (χ4n) is 2.96. The zero-order valence-corrected chi connectivity index (χ0v) is 14.6. The van der Waals surface area contributed by atoms with Crippen molar-refractivity contribution in [3.05, 3.63) is 58.1 Å². The van der Waals surface area contributed by atoms with Crippen LogP contribution in [0.5, 0.6) is 11.5 Å². The zero-order chi connectivity index (χ0) is 16.6. The Kier molecular flexibility index (Phi) is 4.07. The van der Waals surface area contributed by atoms with Gasteiger partial charge in [0, 0.05) is 11.1 Å². The highest BCUT2D eigenvalue weighted by atomic mass is 35.5. The topological polar surface area (TPSA) is 30.8 Å². The Morgan fingerprint density at radius 2 is 1.74 bits per heavy atom. The van der Waals surface area contributed by atoms with Crippen LogP contribution in [0.2, 0.25) is 5.02 Å². The average Bonchev–Trinajstić information content (AvgIpc) is 2.53. The Morgan fingerprint density at radius 3 is 2.35 bits per heavy atom. The number of benzene rings is 2. The molecule has 0 N–H and O–H groups in total. The summed E-state index contributed by atoms with van der Waals surface area (Å²) in [4.78, 5) is 4.95. The van der Waals surface area contributed by atoms with Crippen molar-refractivity contribution >= 4 is 17.3 Å². The number of nitrogens with zero attached hydrogens (tertiary/aromatic N) is 1. The van der Waals surface area contributed by atoms with Crippen molar-refractivity contribution in [2.75, 3.05) is 14.2 Å². The second kappa shape index (κ2) is 5.89. The number of halogens is 1. The molecule has 1 aliphatic heterocycles. The molecule has 0 amide bonds. The van der Waals surface area contributed by atoms with Gasteiger partial charge in [0.25, 0.3) is 0 Å². The summed E-state index contributed by atoms with van der Waals surface area (Å²) in [5, 5.41) is 0.604. The van der Waals surface area contributed by atoms with Gasteiger partial charge in [-0.25, -0.2) is 0 Å². The maximum absolute atomic E-state index is 6.33. The van der Waals surface area contributed by atoms with Gasteiger partial charge in [-0.2, -0.15) is 0 Å². The molecule has 3 nitrogen and oxygen atoms in total. The van der Waals surface area contributed by atoms with E-state index in [2.05, 4.69) is 13.8 Å². The summed E-state index contributed by atoms with van der Waals surface area (Å²) in [5.41, 5.74) is 4.13. The highest BCUT2D eigenvalue weighted by molar-refractivity contribution is 6.32. The van der Waals surface area contributed by atoms with E-state index in [0.29, 0.717) is 10.8 Å². The van der Waals surface area contributed by atoms with E-state index in [0.717, 1.165) is 29.0 Å². The van der Waals surface area contributed by atoms with E-state index in [9.17, 15) is 0 Å². The second-order valence-electron chi connectivity index (χ2n) is 6.32. The highest BCUT2D eigenvalue weighted by Crippen LogP contribution is 2.36. The second-order valence-corrected chi connectivity index (χ2v) is 6.73. The van der Waals surface area contributed by atoms with E-state index in [1.807, 2.05) is 36.4 Å². The van der Waals surface area contributed by atoms with Crippen LogP contribution in [0.25, 0.3) is 0 Å². The SMILES string of the molecule is COc1ccc(C2=NC(C)(C)Cc3cc(OC)c(Cl)cc32)cc1. The number of hydrogen-bond acceptors (Lipinski definition) is 3. The summed E-state index contributed by atoms with van der Waals surface area (Å²) in [6, 6.07) is 11.9. The minimum Gasteiger partial charge on any atom is -0.497 e. The molecule has 0 atom stereocenters. The number of ether oxygens (including phenoxy) is 2. The summed E-state index contributed by atoms with van der Waals surface area (Å²) in [5.74, 6) is 1.54. The van der Waals surface area contributed by atoms with Gasteiger partial charge in [-0.15, -0.1) is 0 Å². The van der Waals surface area contributed by atoms with E-state index in [-0.39, 0.29) is 5.54 Å². The molecule has 2 aromatic carbocycles. The van der Waals surface area contributed by atoms with Crippen molar-refractivity contribution in [2.45, 2.75) is 25.8 Å². The van der Waals surface area contributed by atoms with Crippen molar-refractivity contribution in [3.63, 3.8) is 0 Å². The van der Waals surface area contributed by atoms with Crippen LogP contribution in [0.4, 0.5) is 0 Å². The number of hydrogen-bond donors (Lipinski definition) is 0. The summed E-state index contributed by atoms with van der Waals surface area (Å²) < 4.78 is 10.6. The number of aliphatic imine (C=N–C) groups is 1. The fraction of sp³-hybridized carbons (Fsp3) is 0.316. The fourth-order valence-corrected chi connectivity index (χ4v) is 3.20. The molecule has 0 unspecified atom stereocenters. The van der Waals surface area contributed by atoms with Crippen molar-refractivity contribution < 1.29 is 9.47 Å². The van der Waals surface area contributed by atoms with Gasteiger partial charge in [0.1, 0.15) is 11.5 Å². The van der Waals surface area contributed by atoms with Gasteiger partial charge in [0.2, 0.25) is 0 Å². The molecule has 3 rings (SSSR count). The lowest BCUT2D eigenvalue weighted by atomic mass is 9.85. The van der Waals surface area contributed by atoms with E-state index in [4.69, 9.17) is 26.1 Å². The maximum atomic E-state index is 6.33. The van der Waals surface area contributed by atoms with Gasteiger partial charge in [0.15, 0.2) is 0 Å². The normalized spacial score (nSPS) is 15.6. The average molecular weight is 330 g/mol. The lowest BCUT2D eigenvalue weighted by Crippen LogP contribution is -2.29. The van der Waals surface area contributed by atoms with E-state index < -0.39 is 0 Å². The van der Waals surface area contributed by atoms with Crippen molar-refractivity contribution in [1.29, 1.82) is 0 Å².